The Morgan fingerprint density at radius 3 is 2.62 bits per heavy atom. The lowest BCUT2D eigenvalue weighted by molar-refractivity contribution is 0.543. The molecule has 0 bridgehead atoms. The molecule has 0 aliphatic carbocycles. The van der Waals surface area contributed by atoms with Gasteiger partial charge in [0.2, 0.25) is 8.32 Å². The fourth-order valence-electron chi connectivity index (χ4n) is 2.13. The minimum absolute atomic E-state index is 0.0363. The Hall–Kier alpha value is -1.88. The van der Waals surface area contributed by atoms with Crippen molar-refractivity contribution in [2.75, 3.05) is 0 Å². The summed E-state index contributed by atoms with van der Waals surface area (Å²) in [6, 6.07) is 8.19. The molecule has 0 saturated heterocycles. The highest BCUT2D eigenvalue weighted by Crippen LogP contribution is 2.29. The molecule has 1 atom stereocenters. The molecular formula is C16H23N3OSi. The maximum atomic E-state index is 6.17. The van der Waals surface area contributed by atoms with E-state index in [1.807, 2.05) is 31.3 Å². The standard InChI is InChI=1S/C16H23N3OSi/c1-12(19-13(2)15-10-17-11-18-15)14-8-6-7-9-16(14)20-21(3,4)5/h6-12H,1-5H3,(H,17,18)/b19-13+. The number of para-hydroxylation sites is 1. The molecule has 0 radical (unpaired) electrons. The first-order valence-corrected chi connectivity index (χ1v) is 10.6. The molecule has 21 heavy (non-hydrogen) atoms. The minimum Gasteiger partial charge on any atom is -0.544 e. The highest BCUT2D eigenvalue weighted by atomic mass is 28.4. The third-order valence-electron chi connectivity index (χ3n) is 3.04. The van der Waals surface area contributed by atoms with E-state index in [1.54, 1.807) is 6.33 Å². The van der Waals surface area contributed by atoms with Crippen molar-refractivity contribution in [1.29, 1.82) is 0 Å². The third kappa shape index (κ3) is 4.29. The molecule has 1 unspecified atom stereocenters. The van der Waals surface area contributed by atoms with Crippen LogP contribution in [0.15, 0.2) is 41.8 Å². The molecule has 1 N–H and O–H groups in total. The molecular weight excluding hydrogens is 278 g/mol. The van der Waals surface area contributed by atoms with Gasteiger partial charge < -0.3 is 9.41 Å². The van der Waals surface area contributed by atoms with Crippen molar-refractivity contribution < 1.29 is 4.43 Å². The van der Waals surface area contributed by atoms with E-state index in [0.29, 0.717) is 0 Å². The van der Waals surface area contributed by atoms with Crippen LogP contribution in [-0.2, 0) is 0 Å². The predicted octanol–water partition coefficient (Wildman–Crippen LogP) is 4.19. The van der Waals surface area contributed by atoms with Gasteiger partial charge in [0.05, 0.1) is 18.1 Å². The Morgan fingerprint density at radius 2 is 2.00 bits per heavy atom. The summed E-state index contributed by atoms with van der Waals surface area (Å²) in [5.41, 5.74) is 2.92. The van der Waals surface area contributed by atoms with E-state index < -0.39 is 8.32 Å². The van der Waals surface area contributed by atoms with Gasteiger partial charge in [-0.3, -0.25) is 4.99 Å². The van der Waals surface area contributed by atoms with Gasteiger partial charge in [0.1, 0.15) is 11.4 Å². The topological polar surface area (TPSA) is 50.3 Å². The number of hydrogen-bond donors (Lipinski definition) is 1. The SMILES string of the molecule is C/C(=N\C(C)c1ccccc1O[Si](C)(C)C)c1c[nH]cn1. The Balaban J connectivity index is 2.27. The maximum Gasteiger partial charge on any atom is 0.242 e. The number of benzene rings is 1. The lowest BCUT2D eigenvalue weighted by atomic mass is 10.1. The average Bonchev–Trinajstić information content (AvgIpc) is 2.91. The number of aromatic amines is 1. The summed E-state index contributed by atoms with van der Waals surface area (Å²) < 4.78 is 6.17. The zero-order valence-corrected chi connectivity index (χ0v) is 14.3. The second-order valence-electron chi connectivity index (χ2n) is 6.10. The van der Waals surface area contributed by atoms with Crippen molar-refractivity contribution in [2.24, 2.45) is 4.99 Å². The molecule has 0 aliphatic heterocycles. The zero-order valence-electron chi connectivity index (χ0n) is 13.3. The molecule has 2 rings (SSSR count). The number of aromatic nitrogens is 2. The molecule has 1 heterocycles. The molecule has 1 aromatic heterocycles. The first-order valence-electron chi connectivity index (χ1n) is 7.18. The van der Waals surface area contributed by atoms with Crippen LogP contribution >= 0.6 is 0 Å². The molecule has 0 spiro atoms. The summed E-state index contributed by atoms with van der Waals surface area (Å²) in [5.74, 6) is 0.947. The fraction of sp³-hybridized carbons (Fsp3) is 0.375. The normalized spacial score (nSPS) is 14.0. The van der Waals surface area contributed by atoms with Gasteiger partial charge in [0.15, 0.2) is 0 Å². The number of H-pyrrole nitrogens is 1. The maximum absolute atomic E-state index is 6.17. The van der Waals surface area contributed by atoms with Gasteiger partial charge in [-0.05, 0) is 39.6 Å². The number of nitrogens with one attached hydrogen (secondary N) is 1. The molecule has 0 fully saturated rings. The Kier molecular flexibility index (Phi) is 4.62. The number of nitrogens with zero attached hydrogens (tertiary/aromatic N) is 2. The van der Waals surface area contributed by atoms with Crippen LogP contribution in [0.5, 0.6) is 5.75 Å². The predicted molar refractivity (Wildman–Crippen MR) is 89.6 cm³/mol. The van der Waals surface area contributed by atoms with E-state index in [-0.39, 0.29) is 6.04 Å². The Labute approximate surface area is 127 Å². The summed E-state index contributed by atoms with van der Waals surface area (Å²) in [6.07, 6.45) is 3.53. The van der Waals surface area contributed by atoms with E-state index in [4.69, 9.17) is 9.42 Å². The van der Waals surface area contributed by atoms with Gasteiger partial charge >= 0.3 is 0 Å². The van der Waals surface area contributed by atoms with Crippen molar-refractivity contribution in [1.82, 2.24) is 9.97 Å². The van der Waals surface area contributed by atoms with Crippen molar-refractivity contribution in [3.05, 3.63) is 48.0 Å². The number of hydrogen-bond acceptors (Lipinski definition) is 3. The van der Waals surface area contributed by atoms with Gasteiger partial charge in [0.25, 0.3) is 0 Å². The molecule has 0 saturated carbocycles. The highest BCUT2D eigenvalue weighted by molar-refractivity contribution is 6.70. The lowest BCUT2D eigenvalue weighted by Gasteiger charge is -2.23. The van der Waals surface area contributed by atoms with Crippen LogP contribution < -0.4 is 4.43 Å². The smallest absolute Gasteiger partial charge is 0.242 e. The van der Waals surface area contributed by atoms with Crippen LogP contribution in [0.25, 0.3) is 0 Å². The van der Waals surface area contributed by atoms with Gasteiger partial charge in [0, 0.05) is 11.8 Å². The van der Waals surface area contributed by atoms with E-state index in [2.05, 4.69) is 42.6 Å². The number of aliphatic imine (C=N–C) groups is 1. The molecule has 0 amide bonds. The van der Waals surface area contributed by atoms with Crippen LogP contribution in [0.3, 0.4) is 0 Å². The molecule has 5 heteroatoms. The third-order valence-corrected chi connectivity index (χ3v) is 3.87. The van der Waals surface area contributed by atoms with E-state index >= 15 is 0 Å². The van der Waals surface area contributed by atoms with E-state index in [0.717, 1.165) is 22.7 Å². The van der Waals surface area contributed by atoms with Gasteiger partial charge in [-0.25, -0.2) is 4.98 Å². The van der Waals surface area contributed by atoms with E-state index in [9.17, 15) is 0 Å². The average molecular weight is 301 g/mol. The van der Waals surface area contributed by atoms with E-state index in [1.165, 1.54) is 0 Å². The van der Waals surface area contributed by atoms with Crippen molar-refractivity contribution in [3.63, 3.8) is 0 Å². The highest BCUT2D eigenvalue weighted by Gasteiger charge is 2.19. The summed E-state index contributed by atoms with van der Waals surface area (Å²) >= 11 is 0. The zero-order chi connectivity index (χ0) is 15.5. The summed E-state index contributed by atoms with van der Waals surface area (Å²) in [6.45, 7) is 10.6. The first kappa shape index (κ1) is 15.5. The second-order valence-corrected chi connectivity index (χ2v) is 10.5. The van der Waals surface area contributed by atoms with Crippen LogP contribution in [0, 0.1) is 0 Å². The van der Waals surface area contributed by atoms with Crippen LogP contribution in [0.4, 0.5) is 0 Å². The molecule has 2 aromatic rings. The van der Waals surface area contributed by atoms with Gasteiger partial charge in [-0.2, -0.15) is 0 Å². The van der Waals surface area contributed by atoms with Crippen molar-refractivity contribution in [3.8, 4) is 5.75 Å². The van der Waals surface area contributed by atoms with Crippen molar-refractivity contribution >= 4 is 14.0 Å². The first-order chi connectivity index (χ1) is 9.87. The fourth-order valence-corrected chi connectivity index (χ4v) is 2.98. The quantitative estimate of drug-likeness (QED) is 0.665. The summed E-state index contributed by atoms with van der Waals surface area (Å²) in [4.78, 5) is 11.9. The second kappa shape index (κ2) is 6.26. The Morgan fingerprint density at radius 1 is 1.29 bits per heavy atom. The molecule has 4 nitrogen and oxygen atoms in total. The number of imidazole rings is 1. The monoisotopic (exact) mass is 301 g/mol. The molecule has 1 aromatic carbocycles. The minimum atomic E-state index is -1.63. The van der Waals surface area contributed by atoms with Gasteiger partial charge in [-0.1, -0.05) is 18.2 Å². The van der Waals surface area contributed by atoms with Crippen LogP contribution in [-0.4, -0.2) is 24.0 Å². The summed E-state index contributed by atoms with van der Waals surface area (Å²) in [7, 11) is -1.63. The summed E-state index contributed by atoms with van der Waals surface area (Å²) in [5, 5.41) is 0. The largest absolute Gasteiger partial charge is 0.544 e. The number of rotatable bonds is 5. The molecule has 0 aliphatic rings. The molecule has 112 valence electrons. The van der Waals surface area contributed by atoms with Crippen molar-refractivity contribution in [2.45, 2.75) is 39.5 Å². The Bertz CT molecular complexity index is 615. The van der Waals surface area contributed by atoms with Crippen LogP contribution in [0.1, 0.15) is 31.1 Å². The lowest BCUT2D eigenvalue weighted by Crippen LogP contribution is -2.29. The van der Waals surface area contributed by atoms with Gasteiger partial charge in [-0.15, -0.1) is 0 Å². The van der Waals surface area contributed by atoms with Crippen LogP contribution in [0.2, 0.25) is 19.6 Å².